The monoisotopic (exact) mass is 385 g/mol. The van der Waals surface area contributed by atoms with Gasteiger partial charge in [-0.1, -0.05) is 6.07 Å². The zero-order chi connectivity index (χ0) is 19.4. The molecule has 0 aliphatic heterocycles. The van der Waals surface area contributed by atoms with Gasteiger partial charge in [-0.15, -0.1) is 11.3 Å². The Labute approximate surface area is 162 Å². The molecular formula is C20H23N3O3S. The van der Waals surface area contributed by atoms with Crippen LogP contribution in [0.1, 0.15) is 20.9 Å². The van der Waals surface area contributed by atoms with Gasteiger partial charge in [-0.05, 0) is 43.2 Å². The summed E-state index contributed by atoms with van der Waals surface area (Å²) in [5, 5.41) is 7.10. The Balaban J connectivity index is 1.70. The van der Waals surface area contributed by atoms with Gasteiger partial charge in [0.25, 0.3) is 5.91 Å². The molecule has 27 heavy (non-hydrogen) atoms. The van der Waals surface area contributed by atoms with Crippen molar-refractivity contribution in [3.63, 3.8) is 0 Å². The average molecular weight is 385 g/mol. The first-order chi connectivity index (χ1) is 13.1. The number of aromatic nitrogens is 1. The van der Waals surface area contributed by atoms with Gasteiger partial charge in [0.2, 0.25) is 0 Å². The van der Waals surface area contributed by atoms with Crippen molar-refractivity contribution in [2.24, 2.45) is 0 Å². The third-order valence-corrected chi connectivity index (χ3v) is 5.40. The molecule has 3 rings (SSSR count). The molecule has 7 heteroatoms. The Bertz CT molecular complexity index is 969. The molecule has 2 aromatic heterocycles. The zero-order valence-electron chi connectivity index (χ0n) is 15.9. The fraction of sp³-hybridized carbons (Fsp3) is 0.300. The second kappa shape index (κ2) is 8.26. The van der Waals surface area contributed by atoms with Crippen LogP contribution in [0.5, 0.6) is 11.5 Å². The van der Waals surface area contributed by atoms with E-state index in [0.29, 0.717) is 29.3 Å². The quantitative estimate of drug-likeness (QED) is 0.650. The second-order valence-corrected chi connectivity index (χ2v) is 7.06. The standard InChI is InChI=1S/C20H23N3O3S/c1-12-5-7-14-17(21-2)18(27-20(14)23-12)19(24)22-10-9-13-6-8-15(25-3)16(11-13)26-4/h5-8,11,21H,9-10H2,1-4H3,(H,22,24). The lowest BCUT2D eigenvalue weighted by Crippen LogP contribution is -2.25. The molecule has 0 saturated carbocycles. The summed E-state index contributed by atoms with van der Waals surface area (Å²) in [6, 6.07) is 9.72. The van der Waals surface area contributed by atoms with E-state index in [0.717, 1.165) is 27.2 Å². The first-order valence-electron chi connectivity index (χ1n) is 8.64. The van der Waals surface area contributed by atoms with E-state index in [4.69, 9.17) is 9.47 Å². The number of fused-ring (bicyclic) bond motifs is 1. The smallest absolute Gasteiger partial charge is 0.263 e. The highest BCUT2D eigenvalue weighted by Gasteiger charge is 2.18. The van der Waals surface area contributed by atoms with Gasteiger partial charge in [0.05, 0.1) is 19.9 Å². The van der Waals surface area contributed by atoms with Gasteiger partial charge in [0.15, 0.2) is 11.5 Å². The maximum atomic E-state index is 12.7. The Morgan fingerprint density at radius 1 is 1.15 bits per heavy atom. The van der Waals surface area contributed by atoms with Crippen LogP contribution in [0.25, 0.3) is 10.2 Å². The molecule has 0 bridgehead atoms. The topological polar surface area (TPSA) is 72.5 Å². The number of aryl methyl sites for hydroxylation is 1. The number of carbonyl (C=O) groups excluding carboxylic acids is 1. The third kappa shape index (κ3) is 3.98. The summed E-state index contributed by atoms with van der Waals surface area (Å²) in [6.07, 6.45) is 0.698. The number of nitrogens with one attached hydrogen (secondary N) is 2. The summed E-state index contributed by atoms with van der Waals surface area (Å²) in [6.45, 7) is 2.47. The molecule has 0 aliphatic rings. The number of hydrogen-bond acceptors (Lipinski definition) is 6. The average Bonchev–Trinajstić information content (AvgIpc) is 3.05. The van der Waals surface area contributed by atoms with Crippen LogP contribution in [0.3, 0.4) is 0 Å². The van der Waals surface area contributed by atoms with Gasteiger partial charge in [-0.3, -0.25) is 4.79 Å². The third-order valence-electron chi connectivity index (χ3n) is 4.30. The van der Waals surface area contributed by atoms with E-state index in [1.54, 1.807) is 14.2 Å². The van der Waals surface area contributed by atoms with Crippen LogP contribution in [0.4, 0.5) is 5.69 Å². The highest BCUT2D eigenvalue weighted by Crippen LogP contribution is 2.34. The molecule has 0 saturated heterocycles. The molecule has 0 fully saturated rings. The zero-order valence-corrected chi connectivity index (χ0v) is 16.7. The number of anilines is 1. The number of amides is 1. The fourth-order valence-corrected chi connectivity index (χ4v) is 4.06. The first kappa shape index (κ1) is 19.0. The molecule has 0 radical (unpaired) electrons. The van der Waals surface area contributed by atoms with Crippen LogP contribution in [0.2, 0.25) is 0 Å². The molecule has 142 valence electrons. The Morgan fingerprint density at radius 2 is 1.93 bits per heavy atom. The maximum Gasteiger partial charge on any atom is 0.263 e. The number of carbonyl (C=O) groups is 1. The van der Waals surface area contributed by atoms with E-state index < -0.39 is 0 Å². The number of pyridine rings is 1. The molecule has 2 N–H and O–H groups in total. The van der Waals surface area contributed by atoms with Gasteiger partial charge in [0.1, 0.15) is 9.71 Å². The SMILES string of the molecule is CNc1c(C(=O)NCCc2ccc(OC)c(OC)c2)sc2nc(C)ccc12. The van der Waals surface area contributed by atoms with Crippen molar-refractivity contribution in [2.75, 3.05) is 33.1 Å². The van der Waals surface area contributed by atoms with Crippen molar-refractivity contribution in [3.8, 4) is 11.5 Å². The summed E-state index contributed by atoms with van der Waals surface area (Å²) in [4.78, 5) is 18.7. The number of ether oxygens (including phenoxy) is 2. The normalized spacial score (nSPS) is 10.7. The second-order valence-electron chi connectivity index (χ2n) is 6.06. The summed E-state index contributed by atoms with van der Waals surface area (Å²) in [5.74, 6) is 1.28. The molecule has 0 atom stereocenters. The number of rotatable bonds is 7. The molecule has 2 heterocycles. The van der Waals surface area contributed by atoms with E-state index in [1.807, 2.05) is 44.3 Å². The Morgan fingerprint density at radius 3 is 2.63 bits per heavy atom. The number of nitrogens with zero attached hydrogens (tertiary/aromatic N) is 1. The van der Waals surface area contributed by atoms with Crippen LogP contribution < -0.4 is 20.1 Å². The molecule has 0 aliphatic carbocycles. The summed E-state index contributed by atoms with van der Waals surface area (Å²) in [5.41, 5.74) is 2.83. The lowest BCUT2D eigenvalue weighted by atomic mass is 10.1. The summed E-state index contributed by atoms with van der Waals surface area (Å²) < 4.78 is 10.6. The van der Waals surface area contributed by atoms with E-state index in [-0.39, 0.29) is 5.91 Å². The van der Waals surface area contributed by atoms with Gasteiger partial charge >= 0.3 is 0 Å². The van der Waals surface area contributed by atoms with Gasteiger partial charge in [0, 0.05) is 24.7 Å². The minimum atomic E-state index is -0.0968. The first-order valence-corrected chi connectivity index (χ1v) is 9.46. The predicted molar refractivity (Wildman–Crippen MR) is 109 cm³/mol. The lowest BCUT2D eigenvalue weighted by Gasteiger charge is -2.10. The minimum Gasteiger partial charge on any atom is -0.493 e. The number of benzene rings is 1. The van der Waals surface area contributed by atoms with Crippen LogP contribution >= 0.6 is 11.3 Å². The summed E-state index contributed by atoms with van der Waals surface area (Å²) >= 11 is 1.41. The summed E-state index contributed by atoms with van der Waals surface area (Å²) in [7, 11) is 5.04. The van der Waals surface area contributed by atoms with Gasteiger partial charge < -0.3 is 20.1 Å². The van der Waals surface area contributed by atoms with Crippen molar-refractivity contribution in [2.45, 2.75) is 13.3 Å². The predicted octanol–water partition coefficient (Wildman–Crippen LogP) is 3.64. The van der Waals surface area contributed by atoms with Crippen molar-refractivity contribution in [1.82, 2.24) is 10.3 Å². The minimum absolute atomic E-state index is 0.0968. The van der Waals surface area contributed by atoms with E-state index in [1.165, 1.54) is 11.3 Å². The van der Waals surface area contributed by atoms with Crippen LogP contribution in [-0.4, -0.2) is 38.7 Å². The highest BCUT2D eigenvalue weighted by atomic mass is 32.1. The highest BCUT2D eigenvalue weighted by molar-refractivity contribution is 7.21. The van der Waals surface area contributed by atoms with Crippen LogP contribution in [-0.2, 0) is 6.42 Å². The molecule has 1 amide bonds. The van der Waals surface area contributed by atoms with Crippen molar-refractivity contribution in [1.29, 1.82) is 0 Å². The van der Waals surface area contributed by atoms with Gasteiger partial charge in [-0.2, -0.15) is 0 Å². The van der Waals surface area contributed by atoms with Crippen molar-refractivity contribution in [3.05, 3.63) is 46.5 Å². The Kier molecular flexibility index (Phi) is 5.81. The fourth-order valence-electron chi connectivity index (χ4n) is 2.92. The van der Waals surface area contributed by atoms with Crippen molar-refractivity contribution < 1.29 is 14.3 Å². The van der Waals surface area contributed by atoms with Crippen LogP contribution in [0, 0.1) is 6.92 Å². The molecule has 6 nitrogen and oxygen atoms in total. The van der Waals surface area contributed by atoms with E-state index in [9.17, 15) is 4.79 Å². The molecule has 3 aromatic rings. The molecule has 0 spiro atoms. The Hall–Kier alpha value is -2.80. The molecule has 0 unspecified atom stereocenters. The maximum absolute atomic E-state index is 12.7. The van der Waals surface area contributed by atoms with E-state index >= 15 is 0 Å². The van der Waals surface area contributed by atoms with E-state index in [2.05, 4.69) is 15.6 Å². The van der Waals surface area contributed by atoms with Gasteiger partial charge in [-0.25, -0.2) is 4.98 Å². The number of methoxy groups -OCH3 is 2. The van der Waals surface area contributed by atoms with Crippen molar-refractivity contribution >= 4 is 33.1 Å². The van der Waals surface area contributed by atoms with Crippen LogP contribution in [0.15, 0.2) is 30.3 Å². The number of hydrogen-bond donors (Lipinski definition) is 2. The largest absolute Gasteiger partial charge is 0.493 e. The lowest BCUT2D eigenvalue weighted by molar-refractivity contribution is 0.0959. The molecular weight excluding hydrogens is 362 g/mol. The molecule has 1 aromatic carbocycles. The number of thiophene rings is 1.